The molecule has 0 unspecified atom stereocenters. The molecule has 2 rings (SSSR count). The van der Waals surface area contributed by atoms with Crippen LogP contribution in [-0.4, -0.2) is 18.4 Å². The van der Waals surface area contributed by atoms with Crippen LogP contribution in [0.15, 0.2) is 48.5 Å². The Morgan fingerprint density at radius 2 is 1.68 bits per heavy atom. The third-order valence-corrected chi connectivity index (χ3v) is 3.00. The van der Waals surface area contributed by atoms with Crippen LogP contribution in [0, 0.1) is 0 Å². The van der Waals surface area contributed by atoms with Crippen molar-refractivity contribution in [1.29, 1.82) is 0 Å². The summed E-state index contributed by atoms with van der Waals surface area (Å²) in [6.45, 7) is -0.188. The molecule has 0 heterocycles. The first-order valence-corrected chi connectivity index (χ1v) is 6.75. The fraction of sp³-hybridized carbons (Fsp3) is 0.0667. The second-order valence-electron chi connectivity index (χ2n) is 4.34. The molecule has 6 nitrogen and oxygen atoms in total. The van der Waals surface area contributed by atoms with Crippen LogP contribution >= 0.6 is 11.6 Å². The summed E-state index contributed by atoms with van der Waals surface area (Å²) in [6.07, 6.45) is 0. The van der Waals surface area contributed by atoms with Gasteiger partial charge in [-0.25, -0.2) is 5.84 Å². The van der Waals surface area contributed by atoms with E-state index in [9.17, 15) is 9.59 Å². The number of hydrogen-bond acceptors (Lipinski definition) is 4. The van der Waals surface area contributed by atoms with Gasteiger partial charge in [-0.15, -0.1) is 0 Å². The van der Waals surface area contributed by atoms with Crippen LogP contribution in [0.2, 0.25) is 5.02 Å². The van der Waals surface area contributed by atoms with Crippen molar-refractivity contribution in [3.05, 3.63) is 59.1 Å². The predicted octanol–water partition coefficient (Wildman–Crippen LogP) is 1.96. The van der Waals surface area contributed by atoms with Crippen molar-refractivity contribution >= 4 is 29.1 Å². The maximum Gasteiger partial charge on any atom is 0.271 e. The molecule has 0 atom stereocenters. The van der Waals surface area contributed by atoms with E-state index in [0.717, 1.165) is 0 Å². The highest BCUT2D eigenvalue weighted by Crippen LogP contribution is 2.16. The molecule has 2 amide bonds. The Bertz CT molecular complexity index is 657. The molecule has 0 fully saturated rings. The molecule has 22 heavy (non-hydrogen) atoms. The van der Waals surface area contributed by atoms with Crippen LogP contribution < -0.4 is 21.3 Å². The van der Waals surface area contributed by atoms with Crippen molar-refractivity contribution in [3.8, 4) is 5.75 Å². The zero-order valence-corrected chi connectivity index (χ0v) is 12.3. The van der Waals surface area contributed by atoms with Gasteiger partial charge in [0.15, 0.2) is 6.61 Å². The van der Waals surface area contributed by atoms with Crippen LogP contribution in [0.5, 0.6) is 5.75 Å². The molecule has 0 aromatic heterocycles. The summed E-state index contributed by atoms with van der Waals surface area (Å²) in [5.74, 6) is 4.71. The van der Waals surface area contributed by atoms with Crippen LogP contribution in [0.25, 0.3) is 0 Å². The maximum atomic E-state index is 12.1. The number of ether oxygens (including phenoxy) is 1. The van der Waals surface area contributed by atoms with Gasteiger partial charge >= 0.3 is 0 Å². The van der Waals surface area contributed by atoms with Gasteiger partial charge in [-0.2, -0.15) is 0 Å². The zero-order valence-electron chi connectivity index (χ0n) is 11.5. The van der Waals surface area contributed by atoms with Gasteiger partial charge in [0.25, 0.3) is 11.8 Å². The van der Waals surface area contributed by atoms with Gasteiger partial charge in [0.1, 0.15) is 5.75 Å². The topological polar surface area (TPSA) is 93.4 Å². The minimum Gasteiger partial charge on any atom is -0.484 e. The lowest BCUT2D eigenvalue weighted by atomic mass is 10.2. The first kappa shape index (κ1) is 15.8. The number of nitrogens with one attached hydrogen (secondary N) is 2. The molecule has 0 spiro atoms. The van der Waals surface area contributed by atoms with E-state index >= 15 is 0 Å². The Kier molecular flexibility index (Phi) is 5.35. The van der Waals surface area contributed by atoms with E-state index in [1.807, 2.05) is 5.43 Å². The summed E-state index contributed by atoms with van der Waals surface area (Å²) in [6, 6.07) is 13.2. The largest absolute Gasteiger partial charge is 0.484 e. The number of amides is 2. The summed E-state index contributed by atoms with van der Waals surface area (Å²) in [4.78, 5) is 23.0. The fourth-order valence-electron chi connectivity index (χ4n) is 1.63. The Morgan fingerprint density at radius 3 is 2.27 bits per heavy atom. The first-order chi connectivity index (χ1) is 10.6. The summed E-state index contributed by atoms with van der Waals surface area (Å²) < 4.78 is 5.19. The normalized spacial score (nSPS) is 9.91. The summed E-state index contributed by atoms with van der Waals surface area (Å²) in [7, 11) is 0. The van der Waals surface area contributed by atoms with Gasteiger partial charge in [-0.3, -0.25) is 15.0 Å². The Labute approximate surface area is 132 Å². The number of hydrazine groups is 1. The van der Waals surface area contributed by atoms with Crippen LogP contribution in [-0.2, 0) is 4.79 Å². The van der Waals surface area contributed by atoms with Gasteiger partial charge in [0.05, 0.1) is 0 Å². The first-order valence-electron chi connectivity index (χ1n) is 6.37. The zero-order chi connectivity index (χ0) is 15.9. The molecule has 0 aliphatic heterocycles. The third kappa shape index (κ3) is 4.47. The second-order valence-corrected chi connectivity index (χ2v) is 4.78. The van der Waals surface area contributed by atoms with Crippen LogP contribution in [0.1, 0.15) is 10.4 Å². The Hall–Kier alpha value is -2.57. The van der Waals surface area contributed by atoms with Gasteiger partial charge < -0.3 is 10.1 Å². The lowest BCUT2D eigenvalue weighted by molar-refractivity contribution is -0.123. The molecular formula is C15H14ClN3O3. The van der Waals surface area contributed by atoms with E-state index in [1.54, 1.807) is 48.5 Å². The molecule has 0 aliphatic rings. The number of anilines is 1. The molecule has 0 aliphatic carbocycles. The number of nitrogens with two attached hydrogens (primary N) is 1. The number of carbonyl (C=O) groups excluding carboxylic acids is 2. The second kappa shape index (κ2) is 7.44. The number of halogens is 1. The predicted molar refractivity (Wildman–Crippen MR) is 83.7 cm³/mol. The summed E-state index contributed by atoms with van der Waals surface area (Å²) >= 11 is 5.78. The van der Waals surface area contributed by atoms with Crippen molar-refractivity contribution in [2.24, 2.45) is 5.84 Å². The SMILES string of the molecule is NNC(=O)COc1ccc(C(=O)Nc2ccc(Cl)cc2)cc1. The highest BCUT2D eigenvalue weighted by molar-refractivity contribution is 6.30. The standard InChI is InChI=1S/C15H14ClN3O3/c16-11-3-5-12(6-4-11)18-15(21)10-1-7-13(8-2-10)22-9-14(20)19-17/h1-8H,9,17H2,(H,18,21)(H,19,20). The minimum atomic E-state index is -0.440. The molecule has 0 radical (unpaired) electrons. The van der Waals surface area contributed by atoms with Crippen molar-refractivity contribution in [3.63, 3.8) is 0 Å². The molecule has 4 N–H and O–H groups in total. The fourth-order valence-corrected chi connectivity index (χ4v) is 1.76. The van der Waals surface area contributed by atoms with E-state index in [0.29, 0.717) is 22.0 Å². The van der Waals surface area contributed by atoms with Crippen molar-refractivity contribution in [2.75, 3.05) is 11.9 Å². The van der Waals surface area contributed by atoms with Crippen LogP contribution in [0.4, 0.5) is 5.69 Å². The molecule has 114 valence electrons. The summed E-state index contributed by atoms with van der Waals surface area (Å²) in [5.41, 5.74) is 3.07. The monoisotopic (exact) mass is 319 g/mol. The van der Waals surface area contributed by atoms with Gasteiger partial charge in [0, 0.05) is 16.3 Å². The van der Waals surface area contributed by atoms with Crippen LogP contribution in [0.3, 0.4) is 0 Å². The lowest BCUT2D eigenvalue weighted by Crippen LogP contribution is -2.34. The van der Waals surface area contributed by atoms with E-state index < -0.39 is 5.91 Å². The number of hydrogen-bond donors (Lipinski definition) is 3. The maximum absolute atomic E-state index is 12.1. The quantitative estimate of drug-likeness (QED) is 0.446. The molecule has 2 aromatic rings. The molecule has 0 saturated carbocycles. The average Bonchev–Trinajstić information content (AvgIpc) is 2.55. The van der Waals surface area contributed by atoms with Crippen molar-refractivity contribution in [1.82, 2.24) is 5.43 Å². The Morgan fingerprint density at radius 1 is 1.05 bits per heavy atom. The summed E-state index contributed by atoms with van der Waals surface area (Å²) in [5, 5.41) is 3.34. The molecule has 0 bridgehead atoms. The molecule has 7 heteroatoms. The van der Waals surface area contributed by atoms with Gasteiger partial charge in [-0.05, 0) is 48.5 Å². The smallest absolute Gasteiger partial charge is 0.271 e. The highest BCUT2D eigenvalue weighted by Gasteiger charge is 2.07. The van der Waals surface area contributed by atoms with Crippen molar-refractivity contribution in [2.45, 2.75) is 0 Å². The van der Waals surface area contributed by atoms with Gasteiger partial charge in [0.2, 0.25) is 0 Å². The average molecular weight is 320 g/mol. The van der Waals surface area contributed by atoms with E-state index in [-0.39, 0.29) is 12.5 Å². The van der Waals surface area contributed by atoms with E-state index in [4.69, 9.17) is 22.2 Å². The van der Waals surface area contributed by atoms with Gasteiger partial charge in [-0.1, -0.05) is 11.6 Å². The number of carbonyl (C=O) groups is 2. The number of rotatable bonds is 5. The van der Waals surface area contributed by atoms with E-state index in [2.05, 4.69) is 5.32 Å². The number of benzene rings is 2. The Balaban J connectivity index is 1.96. The van der Waals surface area contributed by atoms with Crippen molar-refractivity contribution < 1.29 is 14.3 Å². The van der Waals surface area contributed by atoms with E-state index in [1.165, 1.54) is 0 Å². The molecular weight excluding hydrogens is 306 g/mol. The molecule has 0 saturated heterocycles. The highest BCUT2D eigenvalue weighted by atomic mass is 35.5. The molecule has 2 aromatic carbocycles. The lowest BCUT2D eigenvalue weighted by Gasteiger charge is -2.07. The minimum absolute atomic E-state index is 0.188. The third-order valence-electron chi connectivity index (χ3n) is 2.75.